The molecular formula is C29H41N3O4. The fraction of sp³-hybridized carbons (Fsp3) is 0.586. The minimum Gasteiger partial charge on any atom is -0.491 e. The molecule has 1 saturated heterocycles. The van der Waals surface area contributed by atoms with Gasteiger partial charge < -0.3 is 24.8 Å². The topological polar surface area (TPSA) is 83.9 Å². The molecule has 0 saturated carbocycles. The Morgan fingerprint density at radius 2 is 2.14 bits per heavy atom. The third-order valence-corrected chi connectivity index (χ3v) is 7.16. The second-order valence-electron chi connectivity index (χ2n) is 10.4. The highest BCUT2D eigenvalue weighted by Gasteiger charge is 2.27. The molecule has 0 amide bonds. The van der Waals surface area contributed by atoms with E-state index >= 15 is 0 Å². The molecule has 1 aromatic heterocycles. The van der Waals surface area contributed by atoms with Crippen LogP contribution in [0.3, 0.4) is 0 Å². The summed E-state index contributed by atoms with van der Waals surface area (Å²) in [5.41, 5.74) is 3.52. The lowest BCUT2D eigenvalue weighted by atomic mass is 9.94. The van der Waals surface area contributed by atoms with E-state index in [1.165, 1.54) is 17.7 Å². The van der Waals surface area contributed by atoms with Crippen LogP contribution in [0, 0.1) is 5.92 Å². The Labute approximate surface area is 215 Å². The quantitative estimate of drug-likeness (QED) is 0.388. The Bertz CT molecular complexity index is 996. The van der Waals surface area contributed by atoms with E-state index in [1.54, 1.807) is 0 Å². The number of anilines is 1. The van der Waals surface area contributed by atoms with Crippen LogP contribution in [-0.4, -0.2) is 66.5 Å². The van der Waals surface area contributed by atoms with Crippen molar-refractivity contribution in [1.82, 2.24) is 9.88 Å². The Morgan fingerprint density at radius 3 is 2.97 bits per heavy atom. The number of fused-ring (bicyclic) bond motifs is 1. The number of hydrogen-bond acceptors (Lipinski definition) is 6. The first-order valence-corrected chi connectivity index (χ1v) is 13.5. The standard InChI is InChI=1S/C29H41N3O4/c1-21(2)35-15-16-36-27-7-3-5-24(17-27)25(18-28(33)34)20-32-14-12-22(19-32)8-10-26-11-9-23-6-4-13-30-29(23)31-26/h3,5,7,9,11,17,21-22,25H,4,6,8,10,12-16,18-20H2,1-2H3,(H,30,31)(H,33,34)/t22-,25-/m1/s1. The van der Waals surface area contributed by atoms with Gasteiger partial charge in [-0.25, -0.2) is 4.98 Å². The number of ether oxygens (including phenoxy) is 2. The number of carboxylic acids is 1. The number of aryl methyl sites for hydroxylation is 2. The van der Waals surface area contributed by atoms with Crippen molar-refractivity contribution in [3.8, 4) is 5.75 Å². The Balaban J connectivity index is 1.29. The smallest absolute Gasteiger partial charge is 0.304 e. The molecule has 2 aromatic rings. The summed E-state index contributed by atoms with van der Waals surface area (Å²) in [5, 5.41) is 13.0. The number of carbonyl (C=O) groups is 1. The molecule has 2 aliphatic rings. The first kappa shape index (κ1) is 26.4. The molecule has 2 N–H and O–H groups in total. The second kappa shape index (κ2) is 13.1. The van der Waals surface area contributed by atoms with Gasteiger partial charge in [-0.05, 0) is 87.7 Å². The van der Waals surface area contributed by atoms with Gasteiger partial charge in [0.05, 0.1) is 19.1 Å². The van der Waals surface area contributed by atoms with E-state index in [1.807, 2.05) is 38.1 Å². The number of likely N-dealkylation sites (tertiary alicyclic amines) is 1. The lowest BCUT2D eigenvalue weighted by molar-refractivity contribution is -0.137. The van der Waals surface area contributed by atoms with Crippen molar-refractivity contribution in [2.45, 2.75) is 64.4 Å². The van der Waals surface area contributed by atoms with Gasteiger partial charge in [-0.1, -0.05) is 18.2 Å². The van der Waals surface area contributed by atoms with Crippen LogP contribution in [0.5, 0.6) is 5.75 Å². The molecule has 0 radical (unpaired) electrons. The predicted octanol–water partition coefficient (Wildman–Crippen LogP) is 4.76. The SMILES string of the molecule is CC(C)OCCOc1cccc([C@H](CC(=O)O)CN2CC[C@@H](CCc3ccc4c(n3)NCCC4)C2)c1. The number of nitrogens with one attached hydrogen (secondary N) is 1. The van der Waals surface area contributed by atoms with Crippen LogP contribution in [0.1, 0.15) is 62.3 Å². The molecule has 2 aliphatic heterocycles. The van der Waals surface area contributed by atoms with Gasteiger partial charge in [0.25, 0.3) is 0 Å². The van der Waals surface area contributed by atoms with Gasteiger partial charge >= 0.3 is 5.97 Å². The number of hydrogen-bond donors (Lipinski definition) is 2. The molecule has 0 spiro atoms. The highest BCUT2D eigenvalue weighted by molar-refractivity contribution is 5.68. The molecule has 7 nitrogen and oxygen atoms in total. The molecular weight excluding hydrogens is 454 g/mol. The largest absolute Gasteiger partial charge is 0.491 e. The van der Waals surface area contributed by atoms with Gasteiger partial charge in [0, 0.05) is 31.2 Å². The van der Waals surface area contributed by atoms with Crippen LogP contribution < -0.4 is 10.1 Å². The number of pyridine rings is 1. The minimum absolute atomic E-state index is 0.0647. The van der Waals surface area contributed by atoms with E-state index in [9.17, 15) is 9.90 Å². The van der Waals surface area contributed by atoms with Crippen LogP contribution in [0.25, 0.3) is 0 Å². The van der Waals surface area contributed by atoms with Crippen molar-refractivity contribution in [2.75, 3.05) is 44.7 Å². The molecule has 1 aromatic carbocycles. The summed E-state index contributed by atoms with van der Waals surface area (Å²) in [7, 11) is 0. The van der Waals surface area contributed by atoms with E-state index < -0.39 is 5.97 Å². The number of aliphatic carboxylic acids is 1. The second-order valence-corrected chi connectivity index (χ2v) is 10.4. The maximum atomic E-state index is 11.7. The summed E-state index contributed by atoms with van der Waals surface area (Å²) >= 11 is 0. The van der Waals surface area contributed by atoms with E-state index in [4.69, 9.17) is 14.5 Å². The fourth-order valence-electron chi connectivity index (χ4n) is 5.29. The van der Waals surface area contributed by atoms with Gasteiger partial charge in [0.15, 0.2) is 0 Å². The van der Waals surface area contributed by atoms with Crippen molar-refractivity contribution in [1.29, 1.82) is 0 Å². The number of rotatable bonds is 13. The molecule has 0 unspecified atom stereocenters. The Morgan fingerprint density at radius 1 is 1.25 bits per heavy atom. The lowest BCUT2D eigenvalue weighted by Gasteiger charge is -2.24. The summed E-state index contributed by atoms with van der Waals surface area (Å²) < 4.78 is 11.4. The summed E-state index contributed by atoms with van der Waals surface area (Å²) in [6, 6.07) is 12.3. The highest BCUT2D eigenvalue weighted by atomic mass is 16.5. The fourth-order valence-corrected chi connectivity index (χ4v) is 5.29. The molecule has 1 fully saturated rings. The summed E-state index contributed by atoms with van der Waals surface area (Å²) in [6.07, 6.45) is 5.86. The molecule has 196 valence electrons. The molecule has 7 heteroatoms. The summed E-state index contributed by atoms with van der Waals surface area (Å²) in [4.78, 5) is 18.9. The van der Waals surface area contributed by atoms with E-state index in [2.05, 4.69) is 22.3 Å². The van der Waals surface area contributed by atoms with E-state index in [0.29, 0.717) is 19.1 Å². The van der Waals surface area contributed by atoms with Gasteiger partial charge in [0.2, 0.25) is 0 Å². The monoisotopic (exact) mass is 495 g/mol. The molecule has 0 aliphatic carbocycles. The highest BCUT2D eigenvalue weighted by Crippen LogP contribution is 2.29. The molecule has 36 heavy (non-hydrogen) atoms. The predicted molar refractivity (Wildman–Crippen MR) is 142 cm³/mol. The summed E-state index contributed by atoms with van der Waals surface area (Å²) in [5.74, 6) is 1.63. The first-order chi connectivity index (χ1) is 17.5. The van der Waals surface area contributed by atoms with Crippen LogP contribution in [0.4, 0.5) is 5.82 Å². The lowest BCUT2D eigenvalue weighted by Crippen LogP contribution is -2.28. The molecule has 4 rings (SSSR count). The number of carboxylic acid groups (broad SMARTS) is 1. The average molecular weight is 496 g/mol. The van der Waals surface area contributed by atoms with Crippen LogP contribution >= 0.6 is 0 Å². The Hall–Kier alpha value is -2.64. The minimum atomic E-state index is -0.764. The number of benzene rings is 1. The van der Waals surface area contributed by atoms with Crippen LogP contribution in [0.15, 0.2) is 36.4 Å². The zero-order chi connectivity index (χ0) is 25.3. The van der Waals surface area contributed by atoms with Crippen LogP contribution in [0.2, 0.25) is 0 Å². The third kappa shape index (κ3) is 7.93. The van der Waals surface area contributed by atoms with Crippen LogP contribution in [-0.2, 0) is 22.4 Å². The average Bonchev–Trinajstić information content (AvgIpc) is 3.32. The first-order valence-electron chi connectivity index (χ1n) is 13.5. The van der Waals surface area contributed by atoms with Crippen molar-refractivity contribution in [3.05, 3.63) is 53.2 Å². The zero-order valence-electron chi connectivity index (χ0n) is 21.7. The van der Waals surface area contributed by atoms with E-state index in [0.717, 1.165) is 69.0 Å². The van der Waals surface area contributed by atoms with Gasteiger partial charge in [-0.2, -0.15) is 0 Å². The third-order valence-electron chi connectivity index (χ3n) is 7.16. The van der Waals surface area contributed by atoms with Gasteiger partial charge in [0.1, 0.15) is 18.2 Å². The number of nitrogens with zero attached hydrogens (tertiary/aromatic N) is 2. The summed E-state index contributed by atoms with van der Waals surface area (Å²) in [6.45, 7) is 8.82. The molecule has 3 heterocycles. The number of aromatic nitrogens is 1. The van der Waals surface area contributed by atoms with Gasteiger partial charge in [-0.15, -0.1) is 0 Å². The van der Waals surface area contributed by atoms with E-state index in [-0.39, 0.29) is 18.4 Å². The normalized spacial score (nSPS) is 18.6. The molecule has 0 bridgehead atoms. The van der Waals surface area contributed by atoms with Crippen molar-refractivity contribution in [3.63, 3.8) is 0 Å². The molecule has 2 atom stereocenters. The van der Waals surface area contributed by atoms with Crippen molar-refractivity contribution < 1.29 is 19.4 Å². The zero-order valence-corrected chi connectivity index (χ0v) is 21.7. The van der Waals surface area contributed by atoms with Gasteiger partial charge in [-0.3, -0.25) is 4.79 Å². The van der Waals surface area contributed by atoms with Crippen molar-refractivity contribution in [2.24, 2.45) is 5.92 Å². The van der Waals surface area contributed by atoms with Crippen molar-refractivity contribution >= 4 is 11.8 Å². The maximum Gasteiger partial charge on any atom is 0.304 e. The maximum absolute atomic E-state index is 11.7. The Kier molecular flexibility index (Phi) is 9.59.